The molecule has 0 saturated carbocycles. The second kappa shape index (κ2) is 5.19. The van der Waals surface area contributed by atoms with E-state index in [1.54, 1.807) is 0 Å². The van der Waals surface area contributed by atoms with Gasteiger partial charge in [-0.05, 0) is 24.6 Å². The maximum atomic E-state index is 13.6. The van der Waals surface area contributed by atoms with Crippen LogP contribution in [0.3, 0.4) is 0 Å². The van der Waals surface area contributed by atoms with Crippen LogP contribution in [0.5, 0.6) is 0 Å². The van der Waals surface area contributed by atoms with Gasteiger partial charge in [0.2, 0.25) is 5.13 Å². The zero-order valence-electron chi connectivity index (χ0n) is 9.79. The first-order chi connectivity index (χ1) is 8.94. The fourth-order valence-electron chi connectivity index (χ4n) is 1.46. The van der Waals surface area contributed by atoms with Gasteiger partial charge >= 0.3 is 0 Å². The molecule has 2 N–H and O–H groups in total. The third-order valence-corrected chi connectivity index (χ3v) is 4.61. The topological polar surface area (TPSA) is 92.2 Å². The molecule has 0 saturated heterocycles. The summed E-state index contributed by atoms with van der Waals surface area (Å²) in [6.07, 6.45) is 0. The number of sulfonamides is 1. The number of benzene rings is 1. The van der Waals surface area contributed by atoms with Crippen LogP contribution in [-0.4, -0.2) is 23.7 Å². The lowest BCUT2D eigenvalue weighted by Gasteiger charge is -2.10. The maximum Gasteiger partial charge on any atom is 0.264 e. The van der Waals surface area contributed by atoms with Crippen molar-refractivity contribution in [2.75, 3.05) is 4.72 Å². The quantitative estimate of drug-likeness (QED) is 0.887. The van der Waals surface area contributed by atoms with Crippen LogP contribution in [0.1, 0.15) is 11.1 Å². The number of halogens is 1. The SMILES string of the molecule is Cc1c(F)cc(CO)cc1S(=O)(=O)Nc1nncs1. The number of nitrogens with one attached hydrogen (secondary N) is 1. The molecule has 0 unspecified atom stereocenters. The Bertz CT molecular complexity index is 686. The van der Waals surface area contributed by atoms with Crippen molar-refractivity contribution in [2.24, 2.45) is 0 Å². The van der Waals surface area contributed by atoms with Gasteiger partial charge in [-0.3, -0.25) is 4.72 Å². The molecule has 0 amide bonds. The first-order valence-corrected chi connectivity index (χ1v) is 7.49. The largest absolute Gasteiger partial charge is 0.392 e. The van der Waals surface area contributed by atoms with Gasteiger partial charge in [-0.1, -0.05) is 11.3 Å². The average Bonchev–Trinajstić information content (AvgIpc) is 2.84. The molecule has 0 aliphatic rings. The summed E-state index contributed by atoms with van der Waals surface area (Å²) >= 11 is 1.01. The molecule has 0 aliphatic carbocycles. The highest BCUT2D eigenvalue weighted by Gasteiger charge is 2.21. The van der Waals surface area contributed by atoms with Crippen molar-refractivity contribution in [3.63, 3.8) is 0 Å². The molecule has 1 aromatic carbocycles. The number of rotatable bonds is 4. The monoisotopic (exact) mass is 303 g/mol. The zero-order chi connectivity index (χ0) is 14.0. The summed E-state index contributed by atoms with van der Waals surface area (Å²) in [4.78, 5) is -0.230. The first kappa shape index (κ1) is 13.8. The molecule has 2 rings (SSSR count). The Balaban J connectivity index is 2.48. The minimum Gasteiger partial charge on any atom is -0.392 e. The second-order valence-electron chi connectivity index (χ2n) is 3.71. The van der Waals surface area contributed by atoms with Crippen LogP contribution in [0.4, 0.5) is 9.52 Å². The van der Waals surface area contributed by atoms with E-state index in [0.717, 1.165) is 17.4 Å². The zero-order valence-corrected chi connectivity index (χ0v) is 11.4. The van der Waals surface area contributed by atoms with Gasteiger partial charge in [0, 0.05) is 5.56 Å². The van der Waals surface area contributed by atoms with Crippen LogP contribution >= 0.6 is 11.3 Å². The highest BCUT2D eigenvalue weighted by atomic mass is 32.2. The van der Waals surface area contributed by atoms with Crippen LogP contribution in [0, 0.1) is 12.7 Å². The third-order valence-electron chi connectivity index (χ3n) is 2.41. The van der Waals surface area contributed by atoms with Crippen LogP contribution in [-0.2, 0) is 16.6 Å². The molecule has 1 heterocycles. The molecule has 1 aromatic heterocycles. The van der Waals surface area contributed by atoms with E-state index in [9.17, 15) is 12.8 Å². The van der Waals surface area contributed by atoms with E-state index in [-0.39, 0.29) is 21.2 Å². The number of nitrogens with zero attached hydrogens (tertiary/aromatic N) is 2. The Kier molecular flexibility index (Phi) is 3.78. The molecule has 19 heavy (non-hydrogen) atoms. The number of aromatic nitrogens is 2. The molecular formula is C10H10FN3O3S2. The Morgan fingerprint density at radius 1 is 1.47 bits per heavy atom. The van der Waals surface area contributed by atoms with Crippen LogP contribution in [0.2, 0.25) is 0 Å². The number of anilines is 1. The minimum absolute atomic E-state index is 0.0192. The standard InChI is InChI=1S/C10H10FN3O3S2/c1-6-8(11)2-7(4-15)3-9(6)19(16,17)14-10-13-12-5-18-10/h2-3,5,15H,4H2,1H3,(H,13,14). The average molecular weight is 303 g/mol. The van der Waals surface area contributed by atoms with Crippen LogP contribution in [0.15, 0.2) is 22.5 Å². The van der Waals surface area contributed by atoms with Crippen LogP contribution in [0.25, 0.3) is 0 Å². The van der Waals surface area contributed by atoms with Crippen molar-refractivity contribution >= 4 is 26.5 Å². The summed E-state index contributed by atoms with van der Waals surface area (Å²) in [5.41, 5.74) is 1.53. The van der Waals surface area contributed by atoms with Crippen molar-refractivity contribution in [1.29, 1.82) is 0 Å². The Labute approximate surface area is 113 Å². The van der Waals surface area contributed by atoms with Gasteiger partial charge in [0.1, 0.15) is 11.3 Å². The van der Waals surface area contributed by atoms with E-state index >= 15 is 0 Å². The minimum atomic E-state index is -3.96. The number of hydrogen-bond donors (Lipinski definition) is 2. The molecule has 2 aromatic rings. The maximum absolute atomic E-state index is 13.6. The first-order valence-electron chi connectivity index (χ1n) is 5.13. The molecular weight excluding hydrogens is 293 g/mol. The number of aliphatic hydroxyl groups is 1. The highest BCUT2D eigenvalue weighted by Crippen LogP contribution is 2.23. The van der Waals surface area contributed by atoms with Gasteiger partial charge < -0.3 is 5.11 Å². The summed E-state index contributed by atoms with van der Waals surface area (Å²) in [6, 6.07) is 2.32. The summed E-state index contributed by atoms with van der Waals surface area (Å²) in [6.45, 7) is 0.906. The van der Waals surface area contributed by atoms with Crippen molar-refractivity contribution < 1.29 is 17.9 Å². The molecule has 0 fully saturated rings. The Morgan fingerprint density at radius 2 is 2.21 bits per heavy atom. The molecule has 102 valence electrons. The predicted molar refractivity (Wildman–Crippen MR) is 67.8 cm³/mol. The Hall–Kier alpha value is -1.58. The molecule has 0 spiro atoms. The molecule has 0 atom stereocenters. The van der Waals surface area contributed by atoms with Gasteiger partial charge in [0.25, 0.3) is 10.0 Å². The van der Waals surface area contributed by atoms with E-state index in [0.29, 0.717) is 0 Å². The molecule has 0 radical (unpaired) electrons. The van der Waals surface area contributed by atoms with E-state index in [1.165, 1.54) is 18.5 Å². The fraction of sp³-hybridized carbons (Fsp3) is 0.200. The lowest BCUT2D eigenvalue weighted by atomic mass is 10.1. The highest BCUT2D eigenvalue weighted by molar-refractivity contribution is 7.93. The predicted octanol–water partition coefficient (Wildman–Crippen LogP) is 1.28. The van der Waals surface area contributed by atoms with Crippen molar-refractivity contribution in [3.05, 3.63) is 34.6 Å². The van der Waals surface area contributed by atoms with Gasteiger partial charge in [-0.25, -0.2) is 12.8 Å². The molecule has 0 aliphatic heterocycles. The molecule has 6 nitrogen and oxygen atoms in total. The van der Waals surface area contributed by atoms with Gasteiger partial charge in [-0.15, -0.1) is 10.2 Å². The van der Waals surface area contributed by atoms with Crippen molar-refractivity contribution in [3.8, 4) is 0 Å². The van der Waals surface area contributed by atoms with E-state index in [4.69, 9.17) is 5.11 Å². The smallest absolute Gasteiger partial charge is 0.264 e. The normalized spacial score (nSPS) is 11.5. The molecule has 0 bridgehead atoms. The van der Waals surface area contributed by atoms with Crippen molar-refractivity contribution in [2.45, 2.75) is 18.4 Å². The van der Waals surface area contributed by atoms with Crippen LogP contribution < -0.4 is 4.72 Å². The van der Waals surface area contributed by atoms with E-state index in [2.05, 4.69) is 14.9 Å². The lowest BCUT2D eigenvalue weighted by molar-refractivity contribution is 0.281. The number of hydrogen-bond acceptors (Lipinski definition) is 6. The van der Waals surface area contributed by atoms with E-state index < -0.39 is 22.4 Å². The lowest BCUT2D eigenvalue weighted by Crippen LogP contribution is -2.15. The number of aliphatic hydroxyl groups excluding tert-OH is 1. The van der Waals surface area contributed by atoms with Gasteiger partial charge in [0.15, 0.2) is 0 Å². The third kappa shape index (κ3) is 2.88. The summed E-state index contributed by atoms with van der Waals surface area (Å²) in [5.74, 6) is -0.691. The Morgan fingerprint density at radius 3 is 2.79 bits per heavy atom. The fourth-order valence-corrected chi connectivity index (χ4v) is 3.46. The van der Waals surface area contributed by atoms with Crippen molar-refractivity contribution in [1.82, 2.24) is 10.2 Å². The summed E-state index contributed by atoms with van der Waals surface area (Å²) in [7, 11) is -3.96. The van der Waals surface area contributed by atoms with Gasteiger partial charge in [0.05, 0.1) is 11.5 Å². The van der Waals surface area contributed by atoms with E-state index in [1.807, 2.05) is 0 Å². The van der Waals surface area contributed by atoms with Gasteiger partial charge in [-0.2, -0.15) is 0 Å². The molecule has 9 heteroatoms. The summed E-state index contributed by atoms with van der Waals surface area (Å²) in [5, 5.41) is 16.1. The summed E-state index contributed by atoms with van der Waals surface area (Å²) < 4.78 is 40.1. The second-order valence-corrected chi connectivity index (χ2v) is 6.19.